The number of halogens is 3. The number of fused-ring (bicyclic) bond motifs is 1. The molecule has 1 aliphatic carbocycles. The first-order valence-corrected chi connectivity index (χ1v) is 10.6. The molecule has 9 nitrogen and oxygen atoms in total. The van der Waals surface area contributed by atoms with Crippen LogP contribution < -0.4 is 5.32 Å². The smallest absolute Gasteiger partial charge is 0.367 e. The Morgan fingerprint density at radius 3 is 2.58 bits per heavy atom. The zero-order chi connectivity index (χ0) is 23.2. The van der Waals surface area contributed by atoms with E-state index in [1.807, 2.05) is 11.8 Å². The van der Waals surface area contributed by atoms with Gasteiger partial charge < -0.3 is 10.2 Å². The van der Waals surface area contributed by atoms with Crippen LogP contribution in [0.1, 0.15) is 34.7 Å². The fourth-order valence-corrected chi connectivity index (χ4v) is 4.56. The lowest BCUT2D eigenvalue weighted by atomic mass is 9.73. The summed E-state index contributed by atoms with van der Waals surface area (Å²) in [6.45, 7) is 2.78. The molecule has 1 saturated carbocycles. The molecular weight excluding hydrogens is 437 g/mol. The molecule has 4 heterocycles. The number of anilines is 1. The highest BCUT2D eigenvalue weighted by Gasteiger charge is 2.49. The van der Waals surface area contributed by atoms with Gasteiger partial charge in [0, 0.05) is 18.8 Å². The number of likely N-dealkylation sites (tertiary alicyclic amines) is 1. The lowest BCUT2D eigenvalue weighted by Crippen LogP contribution is -2.43. The second-order valence-electron chi connectivity index (χ2n) is 8.33. The van der Waals surface area contributed by atoms with Gasteiger partial charge in [-0.1, -0.05) is 0 Å². The molecule has 0 spiro atoms. The molecule has 1 saturated heterocycles. The number of nitrogens with zero attached hydrogens (tertiary/aromatic N) is 7. The SMILES string of the molecule is Cc1ccc(-n2nccn2)c(C(=O)N2CC3CCC3C2CNc2cnc(C(F)(F)F)cn2)n1. The van der Waals surface area contributed by atoms with Gasteiger partial charge in [-0.3, -0.25) is 4.79 Å². The molecule has 1 aliphatic heterocycles. The van der Waals surface area contributed by atoms with Crippen LogP contribution in [0.2, 0.25) is 0 Å². The van der Waals surface area contributed by atoms with Crippen LogP contribution in [0.3, 0.4) is 0 Å². The van der Waals surface area contributed by atoms with Crippen LogP contribution in [-0.2, 0) is 6.18 Å². The standard InChI is InChI=1S/C21H21F3N8O/c1-12-2-5-15(32-28-6-7-29-32)19(30-12)20(33)31-11-13-3-4-14(13)16(31)8-26-18-10-25-17(9-27-18)21(22,23)24/h2,5-7,9-10,13-14,16H,3-4,8,11H2,1H3,(H,26,27). The van der Waals surface area contributed by atoms with Gasteiger partial charge >= 0.3 is 6.18 Å². The Morgan fingerprint density at radius 1 is 1.15 bits per heavy atom. The van der Waals surface area contributed by atoms with Crippen molar-refractivity contribution < 1.29 is 18.0 Å². The normalized spacial score (nSPS) is 22.1. The van der Waals surface area contributed by atoms with Gasteiger partial charge in [0.1, 0.15) is 11.5 Å². The summed E-state index contributed by atoms with van der Waals surface area (Å²) in [4.78, 5) is 28.6. The Balaban J connectivity index is 1.37. The molecule has 3 aromatic rings. The molecule has 0 radical (unpaired) electrons. The molecule has 0 bridgehead atoms. The molecule has 2 fully saturated rings. The van der Waals surface area contributed by atoms with Gasteiger partial charge in [-0.25, -0.2) is 15.0 Å². The predicted molar refractivity (Wildman–Crippen MR) is 110 cm³/mol. The second kappa shape index (κ2) is 8.09. The lowest BCUT2D eigenvalue weighted by Gasteiger charge is -2.34. The van der Waals surface area contributed by atoms with E-state index in [1.54, 1.807) is 12.1 Å². The van der Waals surface area contributed by atoms with Crippen LogP contribution in [0.25, 0.3) is 5.69 Å². The van der Waals surface area contributed by atoms with Gasteiger partial charge in [0.05, 0.1) is 30.8 Å². The summed E-state index contributed by atoms with van der Waals surface area (Å²) in [6, 6.07) is 3.43. The van der Waals surface area contributed by atoms with Gasteiger partial charge in [0.25, 0.3) is 5.91 Å². The minimum absolute atomic E-state index is 0.138. The third-order valence-corrected chi connectivity index (χ3v) is 6.35. The number of hydrogen-bond donors (Lipinski definition) is 1. The van der Waals surface area contributed by atoms with Crippen LogP contribution in [0.5, 0.6) is 0 Å². The van der Waals surface area contributed by atoms with Crippen molar-refractivity contribution in [2.75, 3.05) is 18.4 Å². The summed E-state index contributed by atoms with van der Waals surface area (Å²) >= 11 is 0. The molecule has 33 heavy (non-hydrogen) atoms. The van der Waals surface area contributed by atoms with Gasteiger partial charge in [0.2, 0.25) is 0 Å². The Kier molecular flexibility index (Phi) is 5.22. The van der Waals surface area contributed by atoms with E-state index < -0.39 is 11.9 Å². The second-order valence-corrected chi connectivity index (χ2v) is 8.33. The van der Waals surface area contributed by atoms with E-state index in [2.05, 4.69) is 30.5 Å². The number of hydrogen-bond acceptors (Lipinski definition) is 7. The molecule has 3 aromatic heterocycles. The first-order valence-electron chi connectivity index (χ1n) is 10.6. The molecular formula is C21H21F3N8O. The summed E-state index contributed by atoms with van der Waals surface area (Å²) in [5.74, 6) is 0.731. The summed E-state index contributed by atoms with van der Waals surface area (Å²) in [5, 5.41) is 11.3. The van der Waals surface area contributed by atoms with Crippen LogP contribution in [0.4, 0.5) is 19.0 Å². The summed E-state index contributed by atoms with van der Waals surface area (Å²) < 4.78 is 38.2. The maximum Gasteiger partial charge on any atom is 0.434 e. The molecule has 2 aliphatic rings. The molecule has 1 amide bonds. The van der Waals surface area contributed by atoms with Crippen LogP contribution >= 0.6 is 0 Å². The maximum absolute atomic E-state index is 13.6. The number of carbonyl (C=O) groups excluding carboxylic acids is 1. The van der Waals surface area contributed by atoms with Crippen LogP contribution in [0, 0.1) is 18.8 Å². The predicted octanol–water partition coefficient (Wildman–Crippen LogP) is 2.74. The van der Waals surface area contributed by atoms with E-state index in [9.17, 15) is 18.0 Å². The number of aryl methyl sites for hydroxylation is 1. The molecule has 3 atom stereocenters. The van der Waals surface area contributed by atoms with E-state index in [0.717, 1.165) is 19.0 Å². The Bertz CT molecular complexity index is 1150. The van der Waals surface area contributed by atoms with E-state index in [-0.39, 0.29) is 23.5 Å². The Hall–Kier alpha value is -3.57. The van der Waals surface area contributed by atoms with Crippen LogP contribution in [-0.4, -0.2) is 59.9 Å². The van der Waals surface area contributed by atoms with E-state index in [4.69, 9.17) is 0 Å². The number of pyridine rings is 1. The minimum atomic E-state index is -4.54. The summed E-state index contributed by atoms with van der Waals surface area (Å²) in [5.41, 5.74) is 0.420. The zero-order valence-corrected chi connectivity index (χ0v) is 17.7. The number of amides is 1. The number of aromatic nitrogens is 6. The highest BCUT2D eigenvalue weighted by atomic mass is 19.4. The summed E-state index contributed by atoms with van der Waals surface area (Å²) in [7, 11) is 0. The quantitative estimate of drug-likeness (QED) is 0.627. The molecule has 3 unspecified atom stereocenters. The third kappa shape index (κ3) is 4.00. The van der Waals surface area contributed by atoms with Crippen molar-refractivity contribution in [2.45, 2.75) is 32.0 Å². The van der Waals surface area contributed by atoms with E-state index in [0.29, 0.717) is 42.5 Å². The van der Waals surface area contributed by atoms with Crippen molar-refractivity contribution in [3.05, 3.63) is 54.0 Å². The van der Waals surface area contributed by atoms with Gasteiger partial charge in [0.15, 0.2) is 11.4 Å². The fraction of sp³-hybridized carbons (Fsp3) is 0.429. The first-order chi connectivity index (χ1) is 15.8. The maximum atomic E-state index is 13.6. The van der Waals surface area contributed by atoms with E-state index >= 15 is 0 Å². The highest BCUT2D eigenvalue weighted by Crippen LogP contribution is 2.45. The average Bonchev–Trinajstić information content (AvgIpc) is 3.38. The molecule has 1 N–H and O–H groups in total. The van der Waals surface area contributed by atoms with Crippen molar-refractivity contribution in [1.29, 1.82) is 0 Å². The zero-order valence-electron chi connectivity index (χ0n) is 17.7. The van der Waals surface area contributed by atoms with Gasteiger partial charge in [-0.05, 0) is 43.7 Å². The summed E-state index contributed by atoms with van der Waals surface area (Å²) in [6.07, 6.45) is 2.32. The van der Waals surface area contributed by atoms with E-state index in [1.165, 1.54) is 17.2 Å². The number of nitrogens with one attached hydrogen (secondary N) is 1. The van der Waals surface area contributed by atoms with Crippen LogP contribution in [0.15, 0.2) is 36.9 Å². The Labute approximate surface area is 187 Å². The molecule has 172 valence electrons. The Morgan fingerprint density at radius 2 is 1.94 bits per heavy atom. The minimum Gasteiger partial charge on any atom is -0.367 e. The monoisotopic (exact) mass is 458 g/mol. The van der Waals surface area contributed by atoms with Gasteiger partial charge in [-0.15, -0.1) is 4.80 Å². The average molecular weight is 458 g/mol. The lowest BCUT2D eigenvalue weighted by molar-refractivity contribution is -0.141. The number of carbonyl (C=O) groups is 1. The van der Waals surface area contributed by atoms with Crippen molar-refractivity contribution in [3.8, 4) is 5.69 Å². The number of rotatable bonds is 5. The molecule has 5 rings (SSSR count). The van der Waals surface area contributed by atoms with Crippen molar-refractivity contribution >= 4 is 11.7 Å². The largest absolute Gasteiger partial charge is 0.434 e. The molecule has 0 aromatic carbocycles. The third-order valence-electron chi connectivity index (χ3n) is 6.35. The van der Waals surface area contributed by atoms with Crippen molar-refractivity contribution in [3.63, 3.8) is 0 Å². The van der Waals surface area contributed by atoms with Crippen molar-refractivity contribution in [1.82, 2.24) is 34.8 Å². The first kappa shape index (κ1) is 21.3. The fourth-order valence-electron chi connectivity index (χ4n) is 4.56. The van der Waals surface area contributed by atoms with Gasteiger partial charge in [-0.2, -0.15) is 23.4 Å². The number of alkyl halides is 3. The highest BCUT2D eigenvalue weighted by molar-refractivity contribution is 5.96. The molecule has 12 heteroatoms. The van der Waals surface area contributed by atoms with Crippen molar-refractivity contribution in [2.24, 2.45) is 11.8 Å². The topological polar surface area (TPSA) is 102 Å².